The van der Waals surface area contributed by atoms with Crippen LogP contribution in [0.5, 0.6) is 0 Å². The highest BCUT2D eigenvalue weighted by Crippen LogP contribution is 2.05. The molecule has 0 aromatic carbocycles. The second kappa shape index (κ2) is 3.44. The summed E-state index contributed by atoms with van der Waals surface area (Å²) in [4.78, 5) is 0. The Balaban J connectivity index is 3.22. The van der Waals surface area contributed by atoms with Gasteiger partial charge in [-0.2, -0.15) is 17.8 Å². The highest BCUT2D eigenvalue weighted by atomic mass is 32.2. The first-order valence-electron chi connectivity index (χ1n) is 3.57. The molecule has 1 heterocycles. The van der Waals surface area contributed by atoms with Gasteiger partial charge in [-0.1, -0.05) is 0 Å². The van der Waals surface area contributed by atoms with Crippen molar-refractivity contribution < 1.29 is 13.5 Å². The van der Waals surface area contributed by atoms with Crippen molar-refractivity contribution in [2.75, 3.05) is 14.1 Å². The zero-order valence-corrected chi connectivity index (χ0v) is 8.19. The molecule has 0 amide bonds. The third kappa shape index (κ3) is 1.71. The minimum absolute atomic E-state index is 0.244. The number of hydrogen-bond donors (Lipinski definition) is 1. The van der Waals surface area contributed by atoms with Crippen molar-refractivity contribution in [2.24, 2.45) is 0 Å². The van der Waals surface area contributed by atoms with E-state index < -0.39 is 10.2 Å². The van der Waals surface area contributed by atoms with Crippen molar-refractivity contribution in [3.05, 3.63) is 18.0 Å². The lowest BCUT2D eigenvalue weighted by atomic mass is 10.5. The Kier molecular flexibility index (Phi) is 2.69. The number of rotatable bonds is 3. The lowest BCUT2D eigenvalue weighted by Crippen LogP contribution is -2.30. The standard InChI is InChI=1S/C6H11N3O3S/c1-8(2)13(11,12)9-6(5-10)3-4-7-9/h3-4,10H,5H2,1-2H3. The fourth-order valence-electron chi connectivity index (χ4n) is 0.793. The van der Waals surface area contributed by atoms with Gasteiger partial charge in [-0.05, 0) is 6.07 Å². The normalized spacial score (nSPS) is 12.3. The molecule has 0 saturated carbocycles. The number of aliphatic hydroxyl groups is 1. The van der Waals surface area contributed by atoms with Gasteiger partial charge in [0.05, 0.1) is 18.5 Å². The molecule has 0 atom stereocenters. The van der Waals surface area contributed by atoms with Crippen molar-refractivity contribution in [1.29, 1.82) is 0 Å². The molecule has 0 bridgehead atoms. The van der Waals surface area contributed by atoms with Gasteiger partial charge < -0.3 is 5.11 Å². The first kappa shape index (κ1) is 10.2. The molecular weight excluding hydrogens is 194 g/mol. The van der Waals surface area contributed by atoms with Gasteiger partial charge in [0.25, 0.3) is 0 Å². The van der Waals surface area contributed by atoms with Crippen molar-refractivity contribution in [1.82, 2.24) is 13.5 Å². The Hall–Kier alpha value is -0.920. The number of aromatic nitrogens is 2. The van der Waals surface area contributed by atoms with E-state index in [1.807, 2.05) is 0 Å². The third-order valence-corrected chi connectivity index (χ3v) is 3.21. The second-order valence-corrected chi connectivity index (χ2v) is 4.59. The van der Waals surface area contributed by atoms with Crippen LogP contribution in [0.15, 0.2) is 12.3 Å². The molecule has 0 aliphatic rings. The van der Waals surface area contributed by atoms with Gasteiger partial charge in [-0.3, -0.25) is 0 Å². The Morgan fingerprint density at radius 2 is 2.23 bits per heavy atom. The Morgan fingerprint density at radius 1 is 1.62 bits per heavy atom. The van der Waals surface area contributed by atoms with Gasteiger partial charge in [0, 0.05) is 14.1 Å². The molecular formula is C6H11N3O3S. The van der Waals surface area contributed by atoms with Crippen LogP contribution < -0.4 is 0 Å². The van der Waals surface area contributed by atoms with Crippen LogP contribution in [0.1, 0.15) is 5.69 Å². The monoisotopic (exact) mass is 205 g/mol. The summed E-state index contributed by atoms with van der Waals surface area (Å²) in [6.07, 6.45) is 1.33. The molecule has 0 radical (unpaired) electrons. The second-order valence-electron chi connectivity index (χ2n) is 2.61. The van der Waals surface area contributed by atoms with E-state index in [0.717, 1.165) is 8.39 Å². The molecule has 7 heteroatoms. The predicted molar refractivity (Wildman–Crippen MR) is 46.2 cm³/mol. The smallest absolute Gasteiger partial charge is 0.322 e. The van der Waals surface area contributed by atoms with Gasteiger partial charge in [-0.15, -0.1) is 4.09 Å². The van der Waals surface area contributed by atoms with Crippen LogP contribution in [-0.4, -0.2) is 41.1 Å². The molecule has 74 valence electrons. The molecule has 1 rings (SSSR count). The van der Waals surface area contributed by atoms with E-state index in [9.17, 15) is 8.42 Å². The summed E-state index contributed by atoms with van der Waals surface area (Å²) in [7, 11) is -0.796. The first-order chi connectivity index (χ1) is 6.00. The average molecular weight is 205 g/mol. The molecule has 1 N–H and O–H groups in total. The van der Waals surface area contributed by atoms with Crippen molar-refractivity contribution in [3.63, 3.8) is 0 Å². The summed E-state index contributed by atoms with van der Waals surface area (Å²) in [5.74, 6) is 0. The van der Waals surface area contributed by atoms with E-state index in [2.05, 4.69) is 5.10 Å². The van der Waals surface area contributed by atoms with Gasteiger partial charge in [0.2, 0.25) is 0 Å². The van der Waals surface area contributed by atoms with E-state index >= 15 is 0 Å². The molecule has 0 fully saturated rings. The largest absolute Gasteiger partial charge is 0.390 e. The fraction of sp³-hybridized carbons (Fsp3) is 0.500. The molecule has 0 unspecified atom stereocenters. The lowest BCUT2D eigenvalue weighted by molar-refractivity contribution is 0.274. The van der Waals surface area contributed by atoms with Crippen molar-refractivity contribution in [3.8, 4) is 0 Å². The molecule has 0 aliphatic heterocycles. The van der Waals surface area contributed by atoms with Crippen LogP contribution in [0.3, 0.4) is 0 Å². The summed E-state index contributed by atoms with van der Waals surface area (Å²) < 4.78 is 24.8. The van der Waals surface area contributed by atoms with Crippen LogP contribution >= 0.6 is 0 Å². The molecule has 6 nitrogen and oxygen atoms in total. The Morgan fingerprint density at radius 3 is 2.69 bits per heavy atom. The van der Waals surface area contributed by atoms with Gasteiger partial charge in [0.15, 0.2) is 0 Å². The molecule has 13 heavy (non-hydrogen) atoms. The van der Waals surface area contributed by atoms with Crippen LogP contribution in [-0.2, 0) is 16.8 Å². The maximum atomic E-state index is 11.5. The molecule has 1 aromatic rings. The fourth-order valence-corrected chi connectivity index (χ4v) is 1.69. The minimum Gasteiger partial charge on any atom is -0.390 e. The highest BCUT2D eigenvalue weighted by Gasteiger charge is 2.19. The van der Waals surface area contributed by atoms with Crippen LogP contribution in [0.2, 0.25) is 0 Å². The van der Waals surface area contributed by atoms with Crippen LogP contribution in [0, 0.1) is 0 Å². The Bertz CT molecular complexity index is 382. The van der Waals surface area contributed by atoms with Crippen molar-refractivity contribution in [2.45, 2.75) is 6.61 Å². The molecule has 0 spiro atoms. The van der Waals surface area contributed by atoms with Crippen molar-refractivity contribution >= 4 is 10.2 Å². The van der Waals surface area contributed by atoms with Crippen LogP contribution in [0.4, 0.5) is 0 Å². The molecule has 0 aliphatic carbocycles. The predicted octanol–water partition coefficient (Wildman–Crippen LogP) is -0.970. The maximum Gasteiger partial charge on any atom is 0.322 e. The number of nitrogens with zero attached hydrogens (tertiary/aromatic N) is 3. The highest BCUT2D eigenvalue weighted by molar-refractivity contribution is 7.87. The quantitative estimate of drug-likeness (QED) is 0.689. The summed E-state index contributed by atoms with van der Waals surface area (Å²) >= 11 is 0. The van der Waals surface area contributed by atoms with E-state index in [-0.39, 0.29) is 12.3 Å². The topological polar surface area (TPSA) is 75.4 Å². The van der Waals surface area contributed by atoms with E-state index in [0.29, 0.717) is 0 Å². The zero-order chi connectivity index (χ0) is 10.1. The Labute approximate surface area is 76.6 Å². The van der Waals surface area contributed by atoms with Gasteiger partial charge in [0.1, 0.15) is 0 Å². The van der Waals surface area contributed by atoms with Gasteiger partial charge >= 0.3 is 10.2 Å². The van der Waals surface area contributed by atoms with E-state index in [1.165, 1.54) is 26.4 Å². The SMILES string of the molecule is CN(C)S(=O)(=O)n1nccc1CO. The maximum absolute atomic E-state index is 11.5. The minimum atomic E-state index is -3.60. The molecule has 1 aromatic heterocycles. The van der Waals surface area contributed by atoms with Crippen LogP contribution in [0.25, 0.3) is 0 Å². The summed E-state index contributed by atoms with van der Waals surface area (Å²) in [5, 5.41) is 12.4. The van der Waals surface area contributed by atoms with Gasteiger partial charge in [-0.25, -0.2) is 0 Å². The number of hydrogen-bond acceptors (Lipinski definition) is 4. The number of aliphatic hydroxyl groups excluding tert-OH is 1. The lowest BCUT2D eigenvalue weighted by Gasteiger charge is -2.12. The third-order valence-electron chi connectivity index (χ3n) is 1.53. The summed E-state index contributed by atoms with van der Waals surface area (Å²) in [6, 6.07) is 1.45. The molecule has 0 saturated heterocycles. The first-order valence-corrected chi connectivity index (χ1v) is 4.96. The summed E-state index contributed by atoms with van der Waals surface area (Å²) in [5.41, 5.74) is 0.244. The average Bonchev–Trinajstić information content (AvgIpc) is 2.51. The summed E-state index contributed by atoms with van der Waals surface area (Å²) in [6.45, 7) is -0.354. The van der Waals surface area contributed by atoms with E-state index in [4.69, 9.17) is 5.11 Å². The zero-order valence-electron chi connectivity index (χ0n) is 7.38. The van der Waals surface area contributed by atoms with E-state index in [1.54, 1.807) is 0 Å².